The molecule has 0 saturated heterocycles. The smallest absolute Gasteiger partial charge is 0.00203 e. The van der Waals surface area contributed by atoms with Crippen LogP contribution in [0, 0.1) is 6.92 Å². The molecule has 0 aromatic heterocycles. The zero-order valence-electron chi connectivity index (χ0n) is 17.6. The number of hydrogen-bond donors (Lipinski definition) is 0. The second-order valence-corrected chi connectivity index (χ2v) is 9.12. The Hall–Kier alpha value is -3.12. The fourth-order valence-electron chi connectivity index (χ4n) is 4.83. The van der Waals surface area contributed by atoms with Gasteiger partial charge in [0.05, 0.1) is 0 Å². The molecule has 0 amide bonds. The number of rotatable bonds is 1. The van der Waals surface area contributed by atoms with E-state index < -0.39 is 0 Å². The van der Waals surface area contributed by atoms with Crippen molar-refractivity contribution in [3.63, 3.8) is 0 Å². The van der Waals surface area contributed by atoms with E-state index >= 15 is 0 Å². The maximum Gasteiger partial charge on any atom is -0.00203 e. The lowest BCUT2D eigenvalue weighted by Gasteiger charge is -2.26. The van der Waals surface area contributed by atoms with Gasteiger partial charge in [-0.2, -0.15) is 0 Å². The molecular formula is C29H26. The minimum absolute atomic E-state index is 0.0599. The molecule has 0 saturated carbocycles. The first kappa shape index (κ1) is 17.9. The van der Waals surface area contributed by atoms with Crippen molar-refractivity contribution in [1.29, 1.82) is 0 Å². The van der Waals surface area contributed by atoms with E-state index in [1.165, 1.54) is 54.6 Å². The molecule has 5 aromatic rings. The lowest BCUT2D eigenvalue weighted by atomic mass is 9.77. The predicted octanol–water partition coefficient (Wildman–Crippen LogP) is 8.42. The maximum absolute atomic E-state index is 2.37. The molecule has 0 N–H and O–H groups in total. The van der Waals surface area contributed by atoms with Gasteiger partial charge in [0.1, 0.15) is 0 Å². The van der Waals surface area contributed by atoms with Crippen molar-refractivity contribution < 1.29 is 0 Å². The summed E-state index contributed by atoms with van der Waals surface area (Å²) in [7, 11) is 0. The van der Waals surface area contributed by atoms with E-state index in [2.05, 4.69) is 113 Å². The molecule has 29 heavy (non-hydrogen) atoms. The summed E-state index contributed by atoms with van der Waals surface area (Å²) in [6.45, 7) is 9.17. The fourth-order valence-corrected chi connectivity index (χ4v) is 4.83. The summed E-state index contributed by atoms with van der Waals surface area (Å²) >= 11 is 0. The molecule has 0 aliphatic heterocycles. The highest BCUT2D eigenvalue weighted by atomic mass is 14.3. The molecule has 0 atom stereocenters. The third-order valence-corrected chi connectivity index (χ3v) is 5.99. The zero-order valence-corrected chi connectivity index (χ0v) is 17.6. The van der Waals surface area contributed by atoms with Gasteiger partial charge < -0.3 is 0 Å². The molecule has 5 aromatic carbocycles. The van der Waals surface area contributed by atoms with Crippen molar-refractivity contribution in [3.05, 3.63) is 96.1 Å². The van der Waals surface area contributed by atoms with Crippen molar-refractivity contribution in [2.75, 3.05) is 0 Å². The summed E-state index contributed by atoms with van der Waals surface area (Å²) in [5, 5.41) is 8.02. The van der Waals surface area contributed by atoms with Crippen LogP contribution in [0.1, 0.15) is 31.9 Å². The van der Waals surface area contributed by atoms with Gasteiger partial charge in [0.25, 0.3) is 0 Å². The van der Waals surface area contributed by atoms with Crippen molar-refractivity contribution >= 4 is 32.3 Å². The SMILES string of the molecule is Cc1ccc2c(C(C)(C)C)c3ccccc3c(-c3cccc4ccccc34)c2c1. The van der Waals surface area contributed by atoms with Crippen LogP contribution in [0.5, 0.6) is 0 Å². The molecule has 0 fully saturated rings. The molecule has 0 bridgehead atoms. The normalized spacial score (nSPS) is 12.1. The highest BCUT2D eigenvalue weighted by molar-refractivity contribution is 6.18. The van der Waals surface area contributed by atoms with Gasteiger partial charge in [-0.1, -0.05) is 111 Å². The number of hydrogen-bond acceptors (Lipinski definition) is 0. The van der Waals surface area contributed by atoms with Gasteiger partial charge in [0.2, 0.25) is 0 Å². The van der Waals surface area contributed by atoms with Gasteiger partial charge in [0.15, 0.2) is 0 Å². The largest absolute Gasteiger partial charge is 0.0616 e. The van der Waals surface area contributed by atoms with E-state index in [1.54, 1.807) is 0 Å². The summed E-state index contributed by atoms with van der Waals surface area (Å²) in [5.74, 6) is 0. The number of aryl methyl sites for hydroxylation is 1. The van der Waals surface area contributed by atoms with Crippen LogP contribution in [0.15, 0.2) is 84.9 Å². The average molecular weight is 375 g/mol. The summed E-state index contributed by atoms with van der Waals surface area (Å²) < 4.78 is 0. The maximum atomic E-state index is 2.37. The van der Waals surface area contributed by atoms with Crippen LogP contribution in [0.4, 0.5) is 0 Å². The summed E-state index contributed by atoms with van der Waals surface area (Å²) in [6.07, 6.45) is 0. The van der Waals surface area contributed by atoms with E-state index in [0.29, 0.717) is 0 Å². The molecule has 0 aliphatic rings. The van der Waals surface area contributed by atoms with Crippen LogP contribution >= 0.6 is 0 Å². The first-order valence-corrected chi connectivity index (χ1v) is 10.4. The third-order valence-electron chi connectivity index (χ3n) is 5.99. The highest BCUT2D eigenvalue weighted by Crippen LogP contribution is 2.45. The fraction of sp³-hybridized carbons (Fsp3) is 0.172. The second-order valence-electron chi connectivity index (χ2n) is 9.12. The quantitative estimate of drug-likeness (QED) is 0.258. The Balaban J connectivity index is 2.07. The molecule has 0 heterocycles. The first-order chi connectivity index (χ1) is 13.9. The zero-order chi connectivity index (χ0) is 20.2. The van der Waals surface area contributed by atoms with Crippen molar-refractivity contribution in [1.82, 2.24) is 0 Å². The Morgan fingerprint density at radius 1 is 0.552 bits per heavy atom. The Morgan fingerprint density at radius 2 is 1.17 bits per heavy atom. The monoisotopic (exact) mass is 374 g/mol. The standard InChI is InChI=1S/C29H26/c1-19-16-17-25-26(18-19)27(22-15-9-11-20-10-5-6-12-21(20)22)23-13-7-8-14-24(23)28(25)29(2,3)4/h5-18H,1-4H3. The second kappa shape index (κ2) is 6.46. The van der Waals surface area contributed by atoms with Crippen LogP contribution in [0.25, 0.3) is 43.4 Å². The van der Waals surface area contributed by atoms with E-state index in [1.807, 2.05) is 0 Å². The molecule has 0 heteroatoms. The minimum Gasteiger partial charge on any atom is -0.0616 e. The van der Waals surface area contributed by atoms with Gasteiger partial charge >= 0.3 is 0 Å². The van der Waals surface area contributed by atoms with E-state index in [4.69, 9.17) is 0 Å². The Bertz CT molecular complexity index is 1380. The first-order valence-electron chi connectivity index (χ1n) is 10.4. The molecule has 0 unspecified atom stereocenters. The van der Waals surface area contributed by atoms with Crippen molar-refractivity contribution in [3.8, 4) is 11.1 Å². The topological polar surface area (TPSA) is 0 Å². The Kier molecular flexibility index (Phi) is 3.99. The number of fused-ring (bicyclic) bond motifs is 3. The molecule has 0 spiro atoms. The summed E-state index contributed by atoms with van der Waals surface area (Å²) in [6, 6.07) is 31.3. The van der Waals surface area contributed by atoms with E-state index in [-0.39, 0.29) is 5.41 Å². The minimum atomic E-state index is 0.0599. The lowest BCUT2D eigenvalue weighted by Crippen LogP contribution is -2.13. The van der Waals surface area contributed by atoms with Gasteiger partial charge in [-0.3, -0.25) is 0 Å². The van der Waals surface area contributed by atoms with Gasteiger partial charge in [0, 0.05) is 0 Å². The van der Waals surface area contributed by atoms with Crippen molar-refractivity contribution in [2.24, 2.45) is 0 Å². The molecular weight excluding hydrogens is 348 g/mol. The summed E-state index contributed by atoms with van der Waals surface area (Å²) in [4.78, 5) is 0. The van der Waals surface area contributed by atoms with Crippen LogP contribution in [-0.4, -0.2) is 0 Å². The molecule has 0 nitrogen and oxygen atoms in total. The summed E-state index contributed by atoms with van der Waals surface area (Å²) in [5.41, 5.74) is 5.46. The van der Waals surface area contributed by atoms with Gasteiger partial charge in [-0.15, -0.1) is 0 Å². The molecule has 5 rings (SSSR count). The average Bonchev–Trinajstić information content (AvgIpc) is 2.71. The van der Waals surface area contributed by atoms with E-state index in [0.717, 1.165) is 0 Å². The third kappa shape index (κ3) is 2.83. The predicted molar refractivity (Wildman–Crippen MR) is 128 cm³/mol. The van der Waals surface area contributed by atoms with Crippen LogP contribution in [0.2, 0.25) is 0 Å². The lowest BCUT2D eigenvalue weighted by molar-refractivity contribution is 0.601. The van der Waals surface area contributed by atoms with Crippen LogP contribution < -0.4 is 0 Å². The van der Waals surface area contributed by atoms with Crippen LogP contribution in [0.3, 0.4) is 0 Å². The molecule has 142 valence electrons. The highest BCUT2D eigenvalue weighted by Gasteiger charge is 2.23. The van der Waals surface area contributed by atoms with Gasteiger partial charge in [-0.25, -0.2) is 0 Å². The number of benzene rings is 5. The molecule has 0 radical (unpaired) electrons. The molecule has 0 aliphatic carbocycles. The Labute approximate surface area is 172 Å². The van der Waals surface area contributed by atoms with E-state index in [9.17, 15) is 0 Å². The van der Waals surface area contributed by atoms with Gasteiger partial charge in [-0.05, 0) is 61.3 Å². The Morgan fingerprint density at radius 3 is 1.93 bits per heavy atom. The van der Waals surface area contributed by atoms with Crippen molar-refractivity contribution in [2.45, 2.75) is 33.1 Å². The van der Waals surface area contributed by atoms with Crippen LogP contribution in [-0.2, 0) is 5.41 Å².